The minimum Gasteiger partial charge on any atom is -0.356 e. The number of aromatic nitrogens is 2. The minimum atomic E-state index is 0. The maximum Gasteiger partial charge on any atom is 0.191 e. The highest BCUT2D eigenvalue weighted by molar-refractivity contribution is 14.0. The fourth-order valence-corrected chi connectivity index (χ4v) is 3.00. The first kappa shape index (κ1) is 25.2. The molecule has 7 heteroatoms. The van der Waals surface area contributed by atoms with Crippen LogP contribution < -0.4 is 10.6 Å². The summed E-state index contributed by atoms with van der Waals surface area (Å²) in [6.45, 7) is 16.1. The van der Waals surface area contributed by atoms with Crippen molar-refractivity contribution in [3.05, 3.63) is 17.5 Å². The smallest absolute Gasteiger partial charge is 0.191 e. The van der Waals surface area contributed by atoms with E-state index in [1.165, 1.54) is 18.7 Å². The van der Waals surface area contributed by atoms with Crippen molar-refractivity contribution in [3.8, 4) is 0 Å². The summed E-state index contributed by atoms with van der Waals surface area (Å²) in [5.41, 5.74) is 2.31. The summed E-state index contributed by atoms with van der Waals surface area (Å²) in [6, 6.07) is 2.55. The van der Waals surface area contributed by atoms with E-state index in [4.69, 9.17) is 0 Å². The Bertz CT molecular complexity index is 510. The van der Waals surface area contributed by atoms with Gasteiger partial charge in [0.2, 0.25) is 0 Å². The van der Waals surface area contributed by atoms with E-state index in [1.54, 1.807) is 0 Å². The molecule has 0 radical (unpaired) electrons. The van der Waals surface area contributed by atoms with Gasteiger partial charge in [-0.25, -0.2) is 0 Å². The Morgan fingerprint density at radius 1 is 1.27 bits per heavy atom. The van der Waals surface area contributed by atoms with Gasteiger partial charge in [0.25, 0.3) is 0 Å². The number of nitrogens with one attached hydrogen (secondary N) is 2. The average Bonchev–Trinajstić information content (AvgIpc) is 2.91. The van der Waals surface area contributed by atoms with Crippen LogP contribution in [0.5, 0.6) is 0 Å². The van der Waals surface area contributed by atoms with Crippen molar-refractivity contribution >= 4 is 29.9 Å². The van der Waals surface area contributed by atoms with Crippen LogP contribution in [0, 0.1) is 13.8 Å². The molecule has 1 aromatic heterocycles. The number of rotatable bonds is 11. The van der Waals surface area contributed by atoms with Crippen LogP contribution in [0.2, 0.25) is 0 Å². The summed E-state index contributed by atoms with van der Waals surface area (Å²) in [4.78, 5) is 6.80. The number of nitrogens with zero attached hydrogens (tertiary/aromatic N) is 4. The predicted molar refractivity (Wildman–Crippen MR) is 123 cm³/mol. The van der Waals surface area contributed by atoms with Gasteiger partial charge in [0.15, 0.2) is 5.96 Å². The molecule has 0 saturated heterocycles. The van der Waals surface area contributed by atoms with E-state index in [1.807, 2.05) is 14.0 Å². The molecule has 0 bridgehead atoms. The molecule has 0 fully saturated rings. The van der Waals surface area contributed by atoms with E-state index >= 15 is 0 Å². The molecular weight excluding hydrogens is 439 g/mol. The van der Waals surface area contributed by atoms with Crippen molar-refractivity contribution in [1.82, 2.24) is 25.3 Å². The maximum absolute atomic E-state index is 4.50. The van der Waals surface area contributed by atoms with Crippen molar-refractivity contribution in [2.45, 2.75) is 66.5 Å². The van der Waals surface area contributed by atoms with Gasteiger partial charge in [-0.2, -0.15) is 5.10 Å². The lowest BCUT2D eigenvalue weighted by Gasteiger charge is -2.21. The molecule has 0 aliphatic rings. The maximum atomic E-state index is 4.50. The summed E-state index contributed by atoms with van der Waals surface area (Å²) in [5.74, 6) is 0.892. The third kappa shape index (κ3) is 9.75. The molecule has 1 heterocycles. The third-order valence-electron chi connectivity index (χ3n) is 4.56. The Balaban J connectivity index is 0.00000625. The van der Waals surface area contributed by atoms with E-state index in [9.17, 15) is 0 Å². The topological polar surface area (TPSA) is 57.5 Å². The van der Waals surface area contributed by atoms with Crippen LogP contribution in [0.15, 0.2) is 11.1 Å². The van der Waals surface area contributed by atoms with E-state index < -0.39 is 0 Å². The Hall–Kier alpha value is -0.830. The number of hydrogen-bond donors (Lipinski definition) is 2. The van der Waals surface area contributed by atoms with Crippen molar-refractivity contribution in [3.63, 3.8) is 0 Å². The number of halogens is 1. The molecule has 0 aromatic carbocycles. The summed E-state index contributed by atoms with van der Waals surface area (Å²) < 4.78 is 2.07. The Morgan fingerprint density at radius 3 is 2.50 bits per heavy atom. The molecule has 26 heavy (non-hydrogen) atoms. The monoisotopic (exact) mass is 478 g/mol. The van der Waals surface area contributed by atoms with Gasteiger partial charge < -0.3 is 15.5 Å². The highest BCUT2D eigenvalue weighted by Gasteiger charge is 2.07. The van der Waals surface area contributed by atoms with Crippen LogP contribution in [0.25, 0.3) is 0 Å². The van der Waals surface area contributed by atoms with Crippen LogP contribution in [0.1, 0.15) is 51.4 Å². The normalized spacial score (nSPS) is 12.8. The van der Waals surface area contributed by atoms with Gasteiger partial charge in [0.05, 0.1) is 5.69 Å². The van der Waals surface area contributed by atoms with Gasteiger partial charge >= 0.3 is 0 Å². The molecule has 1 atom stereocenters. The summed E-state index contributed by atoms with van der Waals surface area (Å²) in [6.07, 6.45) is 3.40. The lowest BCUT2D eigenvalue weighted by Crippen LogP contribution is -2.43. The Labute approximate surface area is 177 Å². The number of guanidine groups is 1. The molecule has 0 amide bonds. The van der Waals surface area contributed by atoms with E-state index in [0.717, 1.165) is 50.7 Å². The lowest BCUT2D eigenvalue weighted by molar-refractivity contribution is 0.292. The summed E-state index contributed by atoms with van der Waals surface area (Å²) >= 11 is 0. The van der Waals surface area contributed by atoms with Crippen LogP contribution in [0.4, 0.5) is 0 Å². The SMILES string of the molecule is CCN(CC)CCCC(C)NC(=NC)NCCCn1nc(C)cc1C.I. The molecule has 6 nitrogen and oxygen atoms in total. The van der Waals surface area contributed by atoms with E-state index in [0.29, 0.717) is 6.04 Å². The third-order valence-corrected chi connectivity index (χ3v) is 4.56. The average molecular weight is 478 g/mol. The standard InChI is InChI=1S/C19H38N6.HI/c1-7-24(8-2)13-9-11-16(3)22-19(20-6)21-12-10-14-25-18(5)15-17(4)23-25;/h15-16H,7-14H2,1-6H3,(H2,20,21,22);1H. The molecule has 0 aliphatic carbocycles. The second-order valence-electron chi connectivity index (χ2n) is 6.72. The highest BCUT2D eigenvalue weighted by Crippen LogP contribution is 2.02. The fraction of sp³-hybridized carbons (Fsp3) is 0.789. The zero-order valence-electron chi connectivity index (χ0n) is 17.5. The Morgan fingerprint density at radius 2 is 1.96 bits per heavy atom. The number of aryl methyl sites for hydroxylation is 3. The van der Waals surface area contributed by atoms with Crippen molar-refractivity contribution in [2.75, 3.05) is 33.2 Å². The van der Waals surface area contributed by atoms with Crippen LogP contribution in [-0.2, 0) is 6.54 Å². The summed E-state index contributed by atoms with van der Waals surface area (Å²) in [7, 11) is 1.83. The minimum absolute atomic E-state index is 0. The van der Waals surface area contributed by atoms with E-state index in [-0.39, 0.29) is 24.0 Å². The second kappa shape index (κ2) is 14.3. The molecule has 0 aliphatic heterocycles. The van der Waals surface area contributed by atoms with E-state index in [2.05, 4.69) is 64.1 Å². The van der Waals surface area contributed by atoms with Gasteiger partial charge in [-0.3, -0.25) is 9.67 Å². The highest BCUT2D eigenvalue weighted by atomic mass is 127. The lowest BCUT2D eigenvalue weighted by atomic mass is 10.2. The molecule has 1 unspecified atom stereocenters. The van der Waals surface area contributed by atoms with Crippen molar-refractivity contribution < 1.29 is 0 Å². The van der Waals surface area contributed by atoms with Crippen LogP contribution in [0.3, 0.4) is 0 Å². The first-order valence-electron chi connectivity index (χ1n) is 9.70. The zero-order valence-corrected chi connectivity index (χ0v) is 19.8. The quantitative estimate of drug-likeness (QED) is 0.222. The zero-order chi connectivity index (χ0) is 18.7. The Kier molecular flexibility index (Phi) is 13.8. The molecule has 0 saturated carbocycles. The molecule has 0 spiro atoms. The van der Waals surface area contributed by atoms with Crippen molar-refractivity contribution in [1.29, 1.82) is 0 Å². The van der Waals surface area contributed by atoms with Gasteiger partial charge in [-0.15, -0.1) is 24.0 Å². The molecule has 1 rings (SSSR count). The van der Waals surface area contributed by atoms with Crippen LogP contribution >= 0.6 is 24.0 Å². The van der Waals surface area contributed by atoms with Crippen LogP contribution in [-0.4, -0.2) is 59.9 Å². The molecule has 152 valence electrons. The molecular formula is C19H39IN6. The largest absolute Gasteiger partial charge is 0.356 e. The van der Waals surface area contributed by atoms with Crippen molar-refractivity contribution in [2.24, 2.45) is 4.99 Å². The van der Waals surface area contributed by atoms with Gasteiger partial charge in [0, 0.05) is 31.9 Å². The molecule has 2 N–H and O–H groups in total. The summed E-state index contributed by atoms with van der Waals surface area (Å²) in [5, 5.41) is 11.4. The fourth-order valence-electron chi connectivity index (χ4n) is 3.00. The van der Waals surface area contributed by atoms with Gasteiger partial charge in [-0.05, 0) is 65.7 Å². The number of aliphatic imine (C=N–C) groups is 1. The first-order chi connectivity index (χ1) is 12.0. The number of hydrogen-bond acceptors (Lipinski definition) is 3. The first-order valence-corrected chi connectivity index (χ1v) is 9.70. The molecule has 1 aromatic rings. The predicted octanol–water partition coefficient (Wildman–Crippen LogP) is 3.18. The van der Waals surface area contributed by atoms with Gasteiger partial charge in [0.1, 0.15) is 0 Å². The second-order valence-corrected chi connectivity index (χ2v) is 6.72. The van der Waals surface area contributed by atoms with Gasteiger partial charge in [-0.1, -0.05) is 13.8 Å².